The van der Waals surface area contributed by atoms with Gasteiger partial charge in [-0.05, 0) is 36.0 Å². The molecule has 0 fully saturated rings. The molecule has 10 heteroatoms. The number of tetrazole rings is 1. The van der Waals surface area contributed by atoms with E-state index >= 15 is 0 Å². The third-order valence-electron chi connectivity index (χ3n) is 1.97. The maximum atomic E-state index is 5.31. The van der Waals surface area contributed by atoms with Gasteiger partial charge >= 0.3 is 6.01 Å². The predicted molar refractivity (Wildman–Crippen MR) is 68.1 cm³/mol. The predicted octanol–water partition coefficient (Wildman–Crippen LogP) is 0.377. The molecule has 0 bridgehead atoms. The van der Waals surface area contributed by atoms with Crippen LogP contribution in [0.1, 0.15) is 13.8 Å². The molecular weight excluding hydrogens is 268 g/mol. The Morgan fingerprint density at radius 2 is 2.11 bits per heavy atom. The van der Waals surface area contributed by atoms with E-state index in [1.54, 1.807) is 11.7 Å². The van der Waals surface area contributed by atoms with Gasteiger partial charge in [0.15, 0.2) is 0 Å². The smallest absolute Gasteiger partial charge is 0.322 e. The molecule has 2 rings (SSSR count). The molecule has 19 heavy (non-hydrogen) atoms. The number of rotatable bonds is 6. The van der Waals surface area contributed by atoms with Gasteiger partial charge in [-0.1, -0.05) is 0 Å². The van der Waals surface area contributed by atoms with Crippen molar-refractivity contribution in [2.75, 3.05) is 18.5 Å². The minimum Gasteiger partial charge on any atom is -0.464 e. The molecule has 0 aliphatic carbocycles. The van der Waals surface area contributed by atoms with E-state index in [0.717, 1.165) is 0 Å². The molecule has 9 nitrogen and oxygen atoms in total. The van der Waals surface area contributed by atoms with Gasteiger partial charge in [0.1, 0.15) is 0 Å². The highest BCUT2D eigenvalue weighted by atomic mass is 32.2. The van der Waals surface area contributed by atoms with Crippen LogP contribution in [0, 0.1) is 0 Å². The van der Waals surface area contributed by atoms with Crippen LogP contribution in [0.5, 0.6) is 6.01 Å². The van der Waals surface area contributed by atoms with Gasteiger partial charge in [0, 0.05) is 13.6 Å². The Labute approximate surface area is 114 Å². The summed E-state index contributed by atoms with van der Waals surface area (Å²) >= 11 is 1.25. The van der Waals surface area contributed by atoms with E-state index in [4.69, 9.17) is 4.74 Å². The number of nitrogens with one attached hydrogen (secondary N) is 1. The zero-order valence-corrected chi connectivity index (χ0v) is 11.7. The van der Waals surface area contributed by atoms with Crippen molar-refractivity contribution in [1.82, 2.24) is 35.2 Å². The van der Waals surface area contributed by atoms with Crippen LogP contribution in [0.25, 0.3) is 0 Å². The van der Waals surface area contributed by atoms with E-state index in [0.29, 0.717) is 29.4 Å². The van der Waals surface area contributed by atoms with Crippen LogP contribution in [0.15, 0.2) is 10.3 Å². The molecule has 0 amide bonds. The lowest BCUT2D eigenvalue weighted by Gasteiger charge is -2.06. The molecule has 0 saturated carbocycles. The average molecular weight is 282 g/mol. The minimum atomic E-state index is 0.283. The molecule has 0 aliphatic rings. The molecule has 2 aromatic heterocycles. The first-order valence-electron chi connectivity index (χ1n) is 5.75. The van der Waals surface area contributed by atoms with Gasteiger partial charge in [0.2, 0.25) is 16.3 Å². The number of hydrogen-bond donors (Lipinski definition) is 1. The van der Waals surface area contributed by atoms with Gasteiger partial charge in [-0.25, -0.2) is 4.68 Å². The summed E-state index contributed by atoms with van der Waals surface area (Å²) in [4.78, 5) is 12.6. The van der Waals surface area contributed by atoms with Crippen molar-refractivity contribution in [1.29, 1.82) is 0 Å². The van der Waals surface area contributed by atoms with E-state index in [1.165, 1.54) is 11.8 Å². The molecule has 102 valence electrons. The Morgan fingerprint density at radius 3 is 2.74 bits per heavy atom. The van der Waals surface area contributed by atoms with Crippen LogP contribution in [0.4, 0.5) is 5.95 Å². The van der Waals surface area contributed by atoms with Gasteiger partial charge in [0.25, 0.3) is 0 Å². The van der Waals surface area contributed by atoms with Crippen LogP contribution in [-0.4, -0.2) is 48.3 Å². The summed E-state index contributed by atoms with van der Waals surface area (Å²) in [5.41, 5.74) is 0. The van der Waals surface area contributed by atoms with Crippen LogP contribution < -0.4 is 10.1 Å². The van der Waals surface area contributed by atoms with Crippen molar-refractivity contribution in [2.24, 2.45) is 7.05 Å². The van der Waals surface area contributed by atoms with Gasteiger partial charge < -0.3 is 10.1 Å². The Kier molecular flexibility index (Phi) is 4.44. The maximum absolute atomic E-state index is 5.31. The van der Waals surface area contributed by atoms with Gasteiger partial charge in [-0.3, -0.25) is 0 Å². The maximum Gasteiger partial charge on any atom is 0.322 e. The summed E-state index contributed by atoms with van der Waals surface area (Å²) < 4.78 is 6.85. The Hall–Kier alpha value is -1.97. The van der Waals surface area contributed by atoms with Gasteiger partial charge in [-0.2, -0.15) is 15.0 Å². The number of ether oxygens (including phenoxy) is 1. The first-order chi connectivity index (χ1) is 9.22. The van der Waals surface area contributed by atoms with E-state index in [9.17, 15) is 0 Å². The zero-order valence-electron chi connectivity index (χ0n) is 10.9. The van der Waals surface area contributed by atoms with E-state index in [2.05, 4.69) is 35.8 Å². The fourth-order valence-electron chi connectivity index (χ4n) is 1.20. The summed E-state index contributed by atoms with van der Waals surface area (Å²) in [6, 6.07) is 0.283. The fraction of sp³-hybridized carbons (Fsp3) is 0.556. The van der Waals surface area contributed by atoms with Crippen LogP contribution in [0.2, 0.25) is 0 Å². The highest BCUT2D eigenvalue weighted by molar-refractivity contribution is 7.99. The molecule has 0 unspecified atom stereocenters. The normalized spacial score (nSPS) is 10.5. The highest BCUT2D eigenvalue weighted by Crippen LogP contribution is 2.23. The Bertz CT molecular complexity index is 521. The summed E-state index contributed by atoms with van der Waals surface area (Å²) in [6.45, 7) is 5.04. The highest BCUT2D eigenvalue weighted by Gasteiger charge is 2.11. The molecule has 2 heterocycles. The zero-order chi connectivity index (χ0) is 13.7. The second-order valence-corrected chi connectivity index (χ2v) is 4.31. The van der Waals surface area contributed by atoms with Crippen molar-refractivity contribution in [3.8, 4) is 6.01 Å². The summed E-state index contributed by atoms with van der Waals surface area (Å²) in [6.07, 6.45) is 0. The number of anilines is 1. The number of nitrogens with zero attached hydrogens (tertiary/aromatic N) is 7. The topological polar surface area (TPSA) is 104 Å². The van der Waals surface area contributed by atoms with Crippen LogP contribution >= 0.6 is 11.8 Å². The van der Waals surface area contributed by atoms with Crippen LogP contribution in [0.3, 0.4) is 0 Å². The fourth-order valence-corrected chi connectivity index (χ4v) is 1.87. The molecule has 2 aromatic rings. The Balaban J connectivity index is 2.25. The van der Waals surface area contributed by atoms with E-state index < -0.39 is 0 Å². The first kappa shape index (κ1) is 13.5. The number of aryl methyl sites for hydroxylation is 1. The molecule has 0 spiro atoms. The Morgan fingerprint density at radius 1 is 1.26 bits per heavy atom. The lowest BCUT2D eigenvalue weighted by Crippen LogP contribution is -2.07. The molecule has 0 aliphatic heterocycles. The van der Waals surface area contributed by atoms with Gasteiger partial charge in [-0.15, -0.1) is 5.10 Å². The SMILES string of the molecule is CCNc1nc(OCC)nc(Sc2nnnn2C)n1. The second kappa shape index (κ2) is 6.27. The van der Waals surface area contributed by atoms with Crippen molar-refractivity contribution in [2.45, 2.75) is 24.2 Å². The number of aromatic nitrogens is 7. The van der Waals surface area contributed by atoms with E-state index in [-0.39, 0.29) is 6.01 Å². The van der Waals surface area contributed by atoms with E-state index in [1.807, 2.05) is 13.8 Å². The summed E-state index contributed by atoms with van der Waals surface area (Å²) in [5, 5.41) is 15.3. The standard InChI is InChI=1S/C9H14N8OS/c1-4-10-6-11-7(18-5-2)13-8(12-6)19-9-14-15-16-17(9)3/h4-5H2,1-3H3,(H,10,11,12,13). The third kappa shape index (κ3) is 3.50. The molecule has 0 saturated heterocycles. The second-order valence-electron chi connectivity index (χ2n) is 3.37. The monoisotopic (exact) mass is 282 g/mol. The minimum absolute atomic E-state index is 0.283. The molecule has 0 atom stereocenters. The van der Waals surface area contributed by atoms with Crippen molar-refractivity contribution >= 4 is 17.7 Å². The summed E-state index contributed by atoms with van der Waals surface area (Å²) in [5.74, 6) is 0.471. The first-order valence-corrected chi connectivity index (χ1v) is 6.57. The van der Waals surface area contributed by atoms with Crippen molar-refractivity contribution < 1.29 is 4.74 Å². The quantitative estimate of drug-likeness (QED) is 0.804. The molecule has 0 radical (unpaired) electrons. The van der Waals surface area contributed by atoms with Crippen molar-refractivity contribution in [3.05, 3.63) is 0 Å². The van der Waals surface area contributed by atoms with Crippen LogP contribution in [-0.2, 0) is 7.05 Å². The van der Waals surface area contributed by atoms with Crippen molar-refractivity contribution in [3.63, 3.8) is 0 Å². The molecular formula is C9H14N8OS. The molecule has 0 aromatic carbocycles. The van der Waals surface area contributed by atoms with Gasteiger partial charge in [0.05, 0.1) is 6.61 Å². The lowest BCUT2D eigenvalue weighted by molar-refractivity contribution is 0.308. The number of hydrogen-bond acceptors (Lipinski definition) is 9. The molecule has 1 N–H and O–H groups in total. The average Bonchev–Trinajstić information content (AvgIpc) is 2.76. The largest absolute Gasteiger partial charge is 0.464 e. The summed E-state index contributed by atoms with van der Waals surface area (Å²) in [7, 11) is 1.75. The third-order valence-corrected chi connectivity index (χ3v) is 2.86. The lowest BCUT2D eigenvalue weighted by atomic mass is 10.7.